The van der Waals surface area contributed by atoms with Gasteiger partial charge in [-0.15, -0.1) is 0 Å². The van der Waals surface area contributed by atoms with Gasteiger partial charge in [0.05, 0.1) is 18.8 Å². The third kappa shape index (κ3) is 3.95. The van der Waals surface area contributed by atoms with E-state index in [4.69, 9.17) is 4.74 Å². The molecule has 1 atom stereocenters. The van der Waals surface area contributed by atoms with Gasteiger partial charge >= 0.3 is 18.1 Å². The number of hydrogen-bond acceptors (Lipinski definition) is 3. The second kappa shape index (κ2) is 8.39. The van der Waals surface area contributed by atoms with Crippen molar-refractivity contribution in [1.29, 1.82) is 0 Å². The van der Waals surface area contributed by atoms with Crippen LogP contribution in [0.4, 0.5) is 23.2 Å². The van der Waals surface area contributed by atoms with Gasteiger partial charge in [0.15, 0.2) is 5.57 Å². The molecule has 2 aliphatic heterocycles. The lowest BCUT2D eigenvalue weighted by Gasteiger charge is -2.46. The van der Waals surface area contributed by atoms with Gasteiger partial charge in [0.1, 0.15) is 24.1 Å². The minimum Gasteiger partial charge on any atom is -0.477 e. The highest BCUT2D eigenvalue weighted by molar-refractivity contribution is 6.27. The fourth-order valence-corrected chi connectivity index (χ4v) is 4.91. The summed E-state index contributed by atoms with van der Waals surface area (Å²) in [6.45, 7) is 1.80. The van der Waals surface area contributed by atoms with Crippen molar-refractivity contribution in [2.75, 3.05) is 13.2 Å². The third-order valence-corrected chi connectivity index (χ3v) is 6.46. The van der Waals surface area contributed by atoms with Gasteiger partial charge < -0.3 is 9.84 Å². The van der Waals surface area contributed by atoms with E-state index in [-0.39, 0.29) is 36.6 Å². The number of nitrogens with zero attached hydrogens (tertiary/aromatic N) is 1. The number of hydrogen-bond donors (Lipinski definition) is 1. The Morgan fingerprint density at radius 1 is 1.15 bits per heavy atom. The number of carbonyl (C=O) groups excluding carboxylic acids is 1. The number of alkyl halides is 3. The summed E-state index contributed by atoms with van der Waals surface area (Å²) in [6.07, 6.45) is -3.99. The maximum atomic E-state index is 14.0. The smallest absolute Gasteiger partial charge is 0.416 e. The summed E-state index contributed by atoms with van der Waals surface area (Å²) in [4.78, 5) is 26.1. The second-order valence-electron chi connectivity index (χ2n) is 8.34. The Hall–Kier alpha value is -3.04. The lowest BCUT2D eigenvalue weighted by molar-refractivity contribution is -0.141. The molecule has 0 spiro atoms. The molecule has 0 aliphatic carbocycles. The highest BCUT2D eigenvalue weighted by atomic mass is 19.4. The molecule has 4 rings (SSSR count). The predicted molar refractivity (Wildman–Crippen MR) is 112 cm³/mol. The minimum atomic E-state index is -4.66. The van der Waals surface area contributed by atoms with Crippen molar-refractivity contribution in [2.45, 2.75) is 38.5 Å². The van der Waals surface area contributed by atoms with E-state index >= 15 is 0 Å². The molecule has 1 saturated heterocycles. The molecule has 5 nitrogen and oxygen atoms in total. The Kier molecular flexibility index (Phi) is 5.88. The zero-order valence-corrected chi connectivity index (χ0v) is 17.8. The number of fused-ring (bicyclic) bond motifs is 1. The quantitative estimate of drug-likeness (QED) is 0.396. The number of amides is 1. The Labute approximate surface area is 187 Å². The number of carboxylic acids is 1. The molecule has 33 heavy (non-hydrogen) atoms. The molecule has 0 radical (unpaired) electrons. The number of halogens is 4. The van der Waals surface area contributed by atoms with Gasteiger partial charge in [0.25, 0.3) is 0 Å². The molecule has 0 bridgehead atoms. The van der Waals surface area contributed by atoms with E-state index in [9.17, 15) is 32.3 Å². The van der Waals surface area contributed by atoms with Crippen molar-refractivity contribution in [2.24, 2.45) is 0 Å². The lowest BCUT2D eigenvalue weighted by atomic mass is 9.86. The Bertz CT molecular complexity index is 1150. The number of rotatable bonds is 4. The van der Waals surface area contributed by atoms with Gasteiger partial charge in [-0.1, -0.05) is 12.1 Å². The Morgan fingerprint density at radius 2 is 1.85 bits per heavy atom. The van der Waals surface area contributed by atoms with Crippen LogP contribution in [0.15, 0.2) is 48.0 Å². The summed E-state index contributed by atoms with van der Waals surface area (Å²) >= 11 is 0. The van der Waals surface area contributed by atoms with Crippen molar-refractivity contribution in [1.82, 2.24) is 4.48 Å². The molecule has 1 fully saturated rings. The van der Waals surface area contributed by atoms with Crippen molar-refractivity contribution in [3.8, 4) is 0 Å². The van der Waals surface area contributed by atoms with Crippen LogP contribution in [0.3, 0.4) is 0 Å². The first-order valence-electron chi connectivity index (χ1n) is 10.5. The number of aliphatic carboxylic acids is 1. The highest BCUT2D eigenvalue weighted by Gasteiger charge is 2.54. The monoisotopic (exact) mass is 464 g/mol. The molecule has 9 heteroatoms. The second-order valence-corrected chi connectivity index (χ2v) is 8.34. The maximum Gasteiger partial charge on any atom is 0.416 e. The van der Waals surface area contributed by atoms with Crippen LogP contribution < -0.4 is 4.48 Å². The van der Waals surface area contributed by atoms with E-state index in [1.54, 1.807) is 6.07 Å². The normalized spacial score (nSPS) is 21.8. The van der Waals surface area contributed by atoms with Gasteiger partial charge in [0.2, 0.25) is 0 Å². The molecule has 1 amide bonds. The van der Waals surface area contributed by atoms with Gasteiger partial charge in [0, 0.05) is 30.0 Å². The molecule has 1 unspecified atom stereocenters. The van der Waals surface area contributed by atoms with E-state index in [1.807, 2.05) is 0 Å². The summed E-state index contributed by atoms with van der Waals surface area (Å²) in [5, 5.41) is 9.88. The average molecular weight is 464 g/mol. The van der Waals surface area contributed by atoms with E-state index in [0.717, 1.165) is 12.1 Å². The topological polar surface area (TPSA) is 63.6 Å². The van der Waals surface area contributed by atoms with Crippen LogP contribution in [-0.2, 0) is 27.0 Å². The maximum absolute atomic E-state index is 14.0. The summed E-state index contributed by atoms with van der Waals surface area (Å²) in [5.41, 5.74) is -0.574. The zero-order valence-electron chi connectivity index (χ0n) is 17.8. The molecule has 2 aromatic rings. The minimum absolute atomic E-state index is 0.0773. The predicted octanol–water partition coefficient (Wildman–Crippen LogP) is 4.93. The van der Waals surface area contributed by atoms with Crippen LogP contribution in [0, 0.1) is 5.82 Å². The molecule has 1 N–H and O–H groups in total. The lowest BCUT2D eigenvalue weighted by Crippen LogP contribution is -2.64. The van der Waals surface area contributed by atoms with E-state index in [1.165, 1.54) is 31.2 Å². The van der Waals surface area contributed by atoms with Gasteiger partial charge in [-0.3, -0.25) is 0 Å². The Balaban J connectivity index is 2.05. The first-order valence-corrected chi connectivity index (χ1v) is 10.5. The SMILES string of the molecule is CC1=C(C(=O)O)C(=O)[N+](Cc2cccc(F)c2)(C2CCOCC2)c2cc(C(F)(F)F)ccc21. The summed E-state index contributed by atoms with van der Waals surface area (Å²) in [6, 6.07) is 7.97. The van der Waals surface area contributed by atoms with E-state index in [0.29, 0.717) is 18.4 Å². The molecule has 0 saturated carbocycles. The van der Waals surface area contributed by atoms with Crippen LogP contribution >= 0.6 is 0 Å². The third-order valence-electron chi connectivity index (χ3n) is 6.46. The first-order chi connectivity index (χ1) is 15.6. The van der Waals surface area contributed by atoms with Gasteiger partial charge in [-0.25, -0.2) is 18.5 Å². The molecular weight excluding hydrogens is 442 g/mol. The Morgan fingerprint density at radius 3 is 2.45 bits per heavy atom. The van der Waals surface area contributed by atoms with Crippen LogP contribution in [-0.4, -0.2) is 36.2 Å². The summed E-state index contributed by atoms with van der Waals surface area (Å²) < 4.78 is 59.7. The fraction of sp³-hybridized carbons (Fsp3) is 0.333. The molecule has 174 valence electrons. The molecule has 2 heterocycles. The van der Waals surface area contributed by atoms with Crippen molar-refractivity contribution in [3.05, 3.63) is 70.5 Å². The molecule has 2 aromatic carbocycles. The van der Waals surface area contributed by atoms with Crippen LogP contribution in [0.5, 0.6) is 0 Å². The highest BCUT2D eigenvalue weighted by Crippen LogP contribution is 2.47. The van der Waals surface area contributed by atoms with Gasteiger partial charge in [-0.05, 0) is 36.8 Å². The van der Waals surface area contributed by atoms with Gasteiger partial charge in [-0.2, -0.15) is 13.2 Å². The van der Waals surface area contributed by atoms with E-state index < -0.39 is 45.5 Å². The zero-order chi connectivity index (χ0) is 24.0. The fourth-order valence-electron chi connectivity index (χ4n) is 4.91. The number of carbonyl (C=O) groups is 2. The van der Waals surface area contributed by atoms with Crippen molar-refractivity contribution >= 4 is 23.1 Å². The largest absolute Gasteiger partial charge is 0.477 e. The number of ether oxygens (including phenoxy) is 1. The first kappa shape index (κ1) is 23.1. The van der Waals surface area contributed by atoms with Crippen LogP contribution in [0.1, 0.15) is 36.5 Å². The average Bonchev–Trinajstić information content (AvgIpc) is 2.76. The number of carboxylic acid groups (broad SMARTS) is 1. The summed E-state index contributed by atoms with van der Waals surface area (Å²) in [5.74, 6) is -2.81. The van der Waals surface area contributed by atoms with E-state index in [2.05, 4.69) is 0 Å². The van der Waals surface area contributed by atoms with Crippen molar-refractivity contribution < 1.29 is 37.0 Å². The molecular formula is C24H22F4NO4+. The number of quaternary nitrogens is 1. The van der Waals surface area contributed by atoms with Crippen molar-refractivity contribution in [3.63, 3.8) is 0 Å². The standard InChI is InChI=1S/C24H21F4NO4/c1-14-19-6-5-16(24(26,27)28)12-20(19)29(18-7-9-33-10-8-18,22(30)21(14)23(31)32)13-15-3-2-4-17(25)11-15/h2-6,11-12,18H,7-10,13H2,1H3/p+1. The summed E-state index contributed by atoms with van der Waals surface area (Å²) in [7, 11) is 0. The van der Waals surface area contributed by atoms with Crippen LogP contribution in [0.25, 0.3) is 5.57 Å². The molecule has 0 aromatic heterocycles. The number of benzene rings is 2. The number of allylic oxidation sites excluding steroid dienone is 1. The molecule has 2 aliphatic rings. The van der Waals surface area contributed by atoms with Crippen LogP contribution in [0.2, 0.25) is 0 Å².